The molecule has 0 amide bonds. The number of rotatable bonds is 20. The lowest BCUT2D eigenvalue weighted by molar-refractivity contribution is -0.441. The third-order valence-corrected chi connectivity index (χ3v) is 6.90. The second-order valence-electron chi connectivity index (χ2n) is 10.5. The minimum absolute atomic E-state index is 0.0618. The van der Waals surface area contributed by atoms with Crippen LogP contribution >= 0.6 is 0 Å². The largest absolute Gasteiger partial charge is 0.465 e. The first kappa shape index (κ1) is 40.7. The smallest absolute Gasteiger partial charge is 0.460 e. The number of hydrogen-bond donors (Lipinski definition) is 0. The van der Waals surface area contributed by atoms with E-state index >= 15 is 0 Å². The van der Waals surface area contributed by atoms with E-state index < -0.39 is 61.1 Å². The summed E-state index contributed by atoms with van der Waals surface area (Å²) in [5, 5.41) is 0. The van der Waals surface area contributed by atoms with Gasteiger partial charge in [-0.25, -0.2) is 4.79 Å². The first-order chi connectivity index (χ1) is 22.1. The Balaban J connectivity index is 2.19. The SMILES string of the molecule is C=CC(=O)OCCCCCCCCOC(CC(F)(F)C(F)(F)C(F)(F)C(F)(F)C(F)(F)C(F)(F)F)Oc1ccc(-c2ccccc2)cc1. The van der Waals surface area contributed by atoms with Crippen molar-refractivity contribution in [3.8, 4) is 16.9 Å². The molecule has 2 aromatic rings. The Morgan fingerprint density at radius 1 is 0.625 bits per heavy atom. The van der Waals surface area contributed by atoms with Crippen LogP contribution in [0.15, 0.2) is 67.3 Å². The van der Waals surface area contributed by atoms with Gasteiger partial charge in [-0.05, 0) is 36.1 Å². The average Bonchev–Trinajstić information content (AvgIpc) is 3.01. The molecule has 48 heavy (non-hydrogen) atoms. The van der Waals surface area contributed by atoms with Gasteiger partial charge in [0.25, 0.3) is 0 Å². The molecule has 0 heterocycles. The van der Waals surface area contributed by atoms with Gasteiger partial charge in [0.1, 0.15) is 5.75 Å². The van der Waals surface area contributed by atoms with Crippen molar-refractivity contribution in [3.63, 3.8) is 0 Å². The van der Waals surface area contributed by atoms with E-state index in [1.807, 2.05) is 0 Å². The van der Waals surface area contributed by atoms with Crippen molar-refractivity contribution in [1.82, 2.24) is 0 Å². The van der Waals surface area contributed by atoms with Gasteiger partial charge in [0.15, 0.2) is 0 Å². The second-order valence-corrected chi connectivity index (χ2v) is 10.5. The predicted molar refractivity (Wildman–Crippen MR) is 147 cm³/mol. The van der Waals surface area contributed by atoms with E-state index in [-0.39, 0.29) is 18.8 Å². The van der Waals surface area contributed by atoms with Crippen LogP contribution in [0.2, 0.25) is 0 Å². The minimum atomic E-state index is -8.00. The van der Waals surface area contributed by atoms with Gasteiger partial charge >= 0.3 is 41.8 Å². The summed E-state index contributed by atoms with van der Waals surface area (Å²) in [5.41, 5.74) is 1.24. The summed E-state index contributed by atoms with van der Waals surface area (Å²) < 4.78 is 192. The number of benzene rings is 2. The van der Waals surface area contributed by atoms with Crippen molar-refractivity contribution < 1.29 is 76.1 Å². The summed E-state index contributed by atoms with van der Waals surface area (Å²) in [7, 11) is 0. The molecular formula is C31H31F13O4. The van der Waals surface area contributed by atoms with Crippen molar-refractivity contribution in [2.24, 2.45) is 0 Å². The molecule has 0 spiro atoms. The molecule has 0 saturated carbocycles. The van der Waals surface area contributed by atoms with Crippen molar-refractivity contribution in [2.75, 3.05) is 13.2 Å². The normalized spacial score (nSPS) is 14.0. The van der Waals surface area contributed by atoms with E-state index in [9.17, 15) is 61.9 Å². The number of halogens is 13. The molecule has 0 saturated heterocycles. The minimum Gasteiger partial charge on any atom is -0.465 e. The number of alkyl halides is 13. The first-order valence-electron chi connectivity index (χ1n) is 14.3. The summed E-state index contributed by atoms with van der Waals surface area (Å²) >= 11 is 0. The van der Waals surface area contributed by atoms with Gasteiger partial charge < -0.3 is 14.2 Å². The standard InChI is InChI=1S/C31H31F13O4/c1-2-24(45)46-18-10-5-3-4-6-11-19-47-25(48-23-16-14-22(15-17-23)21-12-8-7-9-13-21)20-26(32,33)27(34,35)28(36,37)29(38,39)30(40,41)31(42,43)44/h2,7-9,12-17,25H,1,3-6,10-11,18-20H2. The molecule has 1 atom stereocenters. The van der Waals surface area contributed by atoms with Crippen LogP contribution in [-0.4, -0.2) is 61.3 Å². The molecule has 17 heteroatoms. The quantitative estimate of drug-likeness (QED) is 0.0451. The molecule has 2 rings (SSSR count). The Hall–Kier alpha value is -3.50. The Labute approximate surface area is 266 Å². The number of carbonyl (C=O) groups is 1. The molecular weight excluding hydrogens is 683 g/mol. The Bertz CT molecular complexity index is 1300. The average molecular weight is 715 g/mol. The van der Waals surface area contributed by atoms with E-state index in [2.05, 4.69) is 6.58 Å². The molecule has 1 unspecified atom stereocenters. The fourth-order valence-corrected chi connectivity index (χ4v) is 4.14. The molecule has 0 radical (unpaired) electrons. The summed E-state index contributed by atoms with van der Waals surface area (Å²) in [4.78, 5) is 11.0. The van der Waals surface area contributed by atoms with Crippen LogP contribution in [0, 0.1) is 0 Å². The zero-order chi connectivity index (χ0) is 36.4. The van der Waals surface area contributed by atoms with Gasteiger partial charge in [0, 0.05) is 6.08 Å². The van der Waals surface area contributed by atoms with E-state index in [1.165, 1.54) is 12.1 Å². The topological polar surface area (TPSA) is 44.8 Å². The van der Waals surface area contributed by atoms with E-state index in [1.54, 1.807) is 30.3 Å². The lowest BCUT2D eigenvalue weighted by atomic mass is 9.92. The monoisotopic (exact) mass is 714 g/mol. The highest BCUT2D eigenvalue weighted by Gasteiger charge is 2.90. The maximum absolute atomic E-state index is 14.7. The van der Waals surface area contributed by atoms with Crippen LogP contribution in [0.4, 0.5) is 57.1 Å². The van der Waals surface area contributed by atoms with Crippen molar-refractivity contribution in [1.29, 1.82) is 0 Å². The molecule has 0 aliphatic carbocycles. The number of esters is 1. The third-order valence-electron chi connectivity index (χ3n) is 6.90. The Morgan fingerprint density at radius 2 is 1.10 bits per heavy atom. The summed E-state index contributed by atoms with van der Waals surface area (Å²) in [6.45, 7) is 2.85. The molecule has 270 valence electrons. The molecule has 0 fully saturated rings. The number of carbonyl (C=O) groups excluding carboxylic acids is 1. The molecule has 0 bridgehead atoms. The highest BCUT2D eigenvalue weighted by molar-refractivity contribution is 5.81. The van der Waals surface area contributed by atoms with Crippen LogP contribution in [0.25, 0.3) is 11.1 Å². The number of unbranched alkanes of at least 4 members (excludes halogenated alkanes) is 5. The lowest BCUT2D eigenvalue weighted by Crippen LogP contribution is -2.70. The summed E-state index contributed by atoms with van der Waals surface area (Å²) in [6, 6.07) is 13.6. The molecule has 0 aliphatic heterocycles. The molecule has 4 nitrogen and oxygen atoms in total. The van der Waals surface area contributed by atoms with Crippen LogP contribution < -0.4 is 4.74 Å². The third kappa shape index (κ3) is 9.56. The lowest BCUT2D eigenvalue weighted by Gasteiger charge is -2.40. The van der Waals surface area contributed by atoms with Crippen LogP contribution in [0.1, 0.15) is 44.9 Å². The maximum atomic E-state index is 14.7. The van der Waals surface area contributed by atoms with Crippen LogP contribution in [-0.2, 0) is 14.3 Å². The van der Waals surface area contributed by atoms with E-state index in [0.717, 1.165) is 18.2 Å². The van der Waals surface area contributed by atoms with Crippen LogP contribution in [0.3, 0.4) is 0 Å². The number of hydrogen-bond acceptors (Lipinski definition) is 4. The summed E-state index contributed by atoms with van der Waals surface area (Å²) in [6.07, 6.45) is -9.07. The molecule has 0 aromatic heterocycles. The zero-order valence-corrected chi connectivity index (χ0v) is 25.0. The maximum Gasteiger partial charge on any atom is 0.460 e. The summed E-state index contributed by atoms with van der Waals surface area (Å²) in [5.74, 6) is -38.5. The Kier molecular flexibility index (Phi) is 13.8. The van der Waals surface area contributed by atoms with Gasteiger partial charge in [0.05, 0.1) is 19.6 Å². The van der Waals surface area contributed by atoms with Crippen molar-refractivity contribution in [3.05, 3.63) is 67.3 Å². The Morgan fingerprint density at radius 3 is 1.62 bits per heavy atom. The zero-order valence-electron chi connectivity index (χ0n) is 25.0. The fourth-order valence-electron chi connectivity index (χ4n) is 4.14. The van der Waals surface area contributed by atoms with Crippen LogP contribution in [0.5, 0.6) is 5.75 Å². The molecule has 0 aliphatic rings. The van der Waals surface area contributed by atoms with E-state index in [4.69, 9.17) is 14.2 Å². The van der Waals surface area contributed by atoms with Crippen molar-refractivity contribution in [2.45, 2.75) is 87.0 Å². The predicted octanol–water partition coefficient (Wildman–Crippen LogP) is 10.3. The molecule has 2 aromatic carbocycles. The van der Waals surface area contributed by atoms with Gasteiger partial charge in [-0.1, -0.05) is 74.7 Å². The second kappa shape index (κ2) is 16.3. The van der Waals surface area contributed by atoms with Crippen molar-refractivity contribution >= 4 is 5.97 Å². The van der Waals surface area contributed by atoms with E-state index in [0.29, 0.717) is 43.2 Å². The molecule has 0 N–H and O–H groups in total. The highest BCUT2D eigenvalue weighted by atomic mass is 19.4. The number of ether oxygens (including phenoxy) is 3. The van der Waals surface area contributed by atoms with Gasteiger partial charge in [-0.3, -0.25) is 0 Å². The van der Waals surface area contributed by atoms with Gasteiger partial charge in [-0.15, -0.1) is 0 Å². The highest BCUT2D eigenvalue weighted by Crippen LogP contribution is 2.60. The first-order valence-corrected chi connectivity index (χ1v) is 14.3. The van der Waals surface area contributed by atoms with Gasteiger partial charge in [-0.2, -0.15) is 57.1 Å². The van der Waals surface area contributed by atoms with Gasteiger partial charge in [0.2, 0.25) is 6.29 Å². The fraction of sp³-hybridized carbons (Fsp3) is 0.516.